The second kappa shape index (κ2) is 3.16. The molecule has 0 aliphatic heterocycles. The van der Waals surface area contributed by atoms with Gasteiger partial charge in [0.05, 0.1) is 4.47 Å². The number of aryl methyl sites for hydroxylation is 1. The summed E-state index contributed by atoms with van der Waals surface area (Å²) in [5, 5.41) is 9.97. The maximum atomic E-state index is 8.91. The summed E-state index contributed by atoms with van der Waals surface area (Å²) in [6, 6.07) is 5.83. The molecule has 2 rings (SSSR count). The molecule has 2 nitrogen and oxygen atoms in total. The molecule has 0 aliphatic carbocycles. The smallest absolute Gasteiger partial charge is 0.148 e. The van der Waals surface area contributed by atoms with Crippen molar-refractivity contribution in [3.05, 3.63) is 34.0 Å². The lowest BCUT2D eigenvalue weighted by Gasteiger charge is -1.95. The molecule has 1 aromatic carbocycles. The lowest BCUT2D eigenvalue weighted by atomic mass is 10.1. The summed E-state index contributed by atoms with van der Waals surface area (Å²) in [4.78, 5) is 0. The second-order valence-electron chi connectivity index (χ2n) is 2.98. The van der Waals surface area contributed by atoms with Gasteiger partial charge < -0.3 is 9.52 Å². The van der Waals surface area contributed by atoms with Crippen molar-refractivity contribution in [1.82, 2.24) is 0 Å². The summed E-state index contributed by atoms with van der Waals surface area (Å²) in [7, 11) is 0. The van der Waals surface area contributed by atoms with E-state index >= 15 is 0 Å². The minimum absolute atomic E-state index is 0.0550. The summed E-state index contributed by atoms with van der Waals surface area (Å²) in [6.45, 7) is 1.96. The molecule has 13 heavy (non-hydrogen) atoms. The normalized spacial score (nSPS) is 11.0. The van der Waals surface area contributed by atoms with E-state index in [0.29, 0.717) is 5.76 Å². The third-order valence-electron chi connectivity index (χ3n) is 2.06. The molecular weight excluding hydrogens is 232 g/mol. The highest BCUT2D eigenvalue weighted by Crippen LogP contribution is 2.29. The van der Waals surface area contributed by atoms with Gasteiger partial charge in [0.1, 0.15) is 18.0 Å². The zero-order valence-electron chi connectivity index (χ0n) is 7.17. The quantitative estimate of drug-likeness (QED) is 0.832. The van der Waals surface area contributed by atoms with E-state index in [-0.39, 0.29) is 6.61 Å². The Labute approximate surface area is 84.3 Å². The van der Waals surface area contributed by atoms with Crippen LogP contribution in [0.15, 0.2) is 27.1 Å². The number of furan rings is 1. The highest BCUT2D eigenvalue weighted by atomic mass is 79.9. The van der Waals surface area contributed by atoms with Crippen LogP contribution in [-0.4, -0.2) is 5.11 Å². The van der Waals surface area contributed by atoms with Gasteiger partial charge in [-0.25, -0.2) is 0 Å². The fourth-order valence-corrected chi connectivity index (χ4v) is 1.78. The summed E-state index contributed by atoms with van der Waals surface area (Å²) < 4.78 is 6.36. The predicted molar refractivity (Wildman–Crippen MR) is 54.6 cm³/mol. The van der Waals surface area contributed by atoms with E-state index in [1.807, 2.05) is 25.1 Å². The fourth-order valence-electron chi connectivity index (χ4n) is 1.35. The van der Waals surface area contributed by atoms with Crippen molar-refractivity contribution >= 4 is 26.9 Å². The van der Waals surface area contributed by atoms with Gasteiger partial charge in [-0.2, -0.15) is 0 Å². The van der Waals surface area contributed by atoms with E-state index in [4.69, 9.17) is 9.52 Å². The first-order valence-corrected chi connectivity index (χ1v) is 4.80. The van der Waals surface area contributed by atoms with Crippen molar-refractivity contribution < 1.29 is 9.52 Å². The van der Waals surface area contributed by atoms with Gasteiger partial charge in [-0.15, -0.1) is 0 Å². The van der Waals surface area contributed by atoms with E-state index in [1.54, 1.807) is 0 Å². The van der Waals surface area contributed by atoms with Crippen LogP contribution in [0.25, 0.3) is 11.0 Å². The summed E-state index contributed by atoms with van der Waals surface area (Å²) >= 11 is 3.40. The van der Waals surface area contributed by atoms with Gasteiger partial charge >= 0.3 is 0 Å². The van der Waals surface area contributed by atoms with E-state index in [2.05, 4.69) is 15.9 Å². The molecular formula is C10H9BrO2. The van der Waals surface area contributed by atoms with Gasteiger partial charge in [-0.3, -0.25) is 0 Å². The standard InChI is InChI=1S/C10H9BrO2/c1-6-2-3-9(11)10-8(6)4-7(5-12)13-10/h2-4,12H,5H2,1H3. The van der Waals surface area contributed by atoms with Crippen LogP contribution in [0.3, 0.4) is 0 Å². The van der Waals surface area contributed by atoms with Crippen LogP contribution in [0.5, 0.6) is 0 Å². The number of halogens is 1. The second-order valence-corrected chi connectivity index (χ2v) is 3.83. The third-order valence-corrected chi connectivity index (χ3v) is 2.68. The average molecular weight is 241 g/mol. The first kappa shape index (κ1) is 8.78. The zero-order chi connectivity index (χ0) is 9.42. The van der Waals surface area contributed by atoms with Gasteiger partial charge in [0.25, 0.3) is 0 Å². The number of rotatable bonds is 1. The van der Waals surface area contributed by atoms with Crippen LogP contribution >= 0.6 is 15.9 Å². The molecule has 0 saturated carbocycles. The maximum Gasteiger partial charge on any atom is 0.148 e. The molecule has 0 unspecified atom stereocenters. The van der Waals surface area contributed by atoms with Crippen LogP contribution in [-0.2, 0) is 6.61 Å². The van der Waals surface area contributed by atoms with E-state index in [1.165, 1.54) is 0 Å². The molecule has 1 heterocycles. The Morgan fingerprint density at radius 3 is 2.85 bits per heavy atom. The number of hydrogen-bond acceptors (Lipinski definition) is 2. The Balaban J connectivity index is 2.80. The largest absolute Gasteiger partial charge is 0.457 e. The highest BCUT2D eigenvalue weighted by Gasteiger charge is 2.07. The van der Waals surface area contributed by atoms with Crippen molar-refractivity contribution in [1.29, 1.82) is 0 Å². The molecule has 3 heteroatoms. The van der Waals surface area contributed by atoms with Crippen molar-refractivity contribution in [2.45, 2.75) is 13.5 Å². The number of aliphatic hydroxyl groups is 1. The Kier molecular flexibility index (Phi) is 2.14. The topological polar surface area (TPSA) is 33.4 Å². The lowest BCUT2D eigenvalue weighted by Crippen LogP contribution is -1.73. The first-order valence-electron chi connectivity index (χ1n) is 4.01. The number of aliphatic hydroxyl groups excluding tert-OH is 1. The maximum absolute atomic E-state index is 8.91. The molecule has 1 aromatic heterocycles. The van der Waals surface area contributed by atoms with Crippen LogP contribution in [0.1, 0.15) is 11.3 Å². The highest BCUT2D eigenvalue weighted by molar-refractivity contribution is 9.10. The van der Waals surface area contributed by atoms with Gasteiger partial charge in [0, 0.05) is 5.39 Å². The Hall–Kier alpha value is -0.800. The van der Waals surface area contributed by atoms with Gasteiger partial charge in [-0.1, -0.05) is 6.07 Å². The van der Waals surface area contributed by atoms with Crippen LogP contribution < -0.4 is 0 Å². The lowest BCUT2D eigenvalue weighted by molar-refractivity contribution is 0.251. The molecule has 2 aromatic rings. The Morgan fingerprint density at radius 2 is 2.23 bits per heavy atom. The minimum Gasteiger partial charge on any atom is -0.457 e. The predicted octanol–water partition coefficient (Wildman–Crippen LogP) is 3.00. The molecule has 0 saturated heterocycles. The molecule has 0 amide bonds. The molecule has 0 radical (unpaired) electrons. The summed E-state index contributed by atoms with van der Waals surface area (Å²) in [5.74, 6) is 0.602. The summed E-state index contributed by atoms with van der Waals surface area (Å²) in [6.07, 6.45) is 0. The molecule has 0 atom stereocenters. The average Bonchev–Trinajstić information content (AvgIpc) is 2.56. The van der Waals surface area contributed by atoms with Gasteiger partial charge in [-0.05, 0) is 40.5 Å². The third kappa shape index (κ3) is 1.38. The Bertz CT molecular complexity index is 406. The Morgan fingerprint density at radius 1 is 1.46 bits per heavy atom. The van der Waals surface area contributed by atoms with Crippen molar-refractivity contribution in [2.75, 3.05) is 0 Å². The van der Waals surface area contributed by atoms with Gasteiger partial charge in [0.15, 0.2) is 0 Å². The fraction of sp³-hybridized carbons (Fsp3) is 0.200. The molecule has 0 aliphatic rings. The van der Waals surface area contributed by atoms with Crippen molar-refractivity contribution in [2.24, 2.45) is 0 Å². The van der Waals surface area contributed by atoms with Crippen molar-refractivity contribution in [3.63, 3.8) is 0 Å². The van der Waals surface area contributed by atoms with Crippen molar-refractivity contribution in [3.8, 4) is 0 Å². The van der Waals surface area contributed by atoms with E-state index in [0.717, 1.165) is 21.0 Å². The van der Waals surface area contributed by atoms with Crippen LogP contribution in [0, 0.1) is 6.92 Å². The number of fused-ring (bicyclic) bond motifs is 1. The zero-order valence-corrected chi connectivity index (χ0v) is 8.76. The van der Waals surface area contributed by atoms with E-state index in [9.17, 15) is 0 Å². The first-order chi connectivity index (χ1) is 6.22. The molecule has 0 fully saturated rings. The monoisotopic (exact) mass is 240 g/mol. The molecule has 0 bridgehead atoms. The molecule has 1 N–H and O–H groups in total. The van der Waals surface area contributed by atoms with Crippen LogP contribution in [0.4, 0.5) is 0 Å². The minimum atomic E-state index is -0.0550. The number of hydrogen-bond donors (Lipinski definition) is 1. The SMILES string of the molecule is Cc1ccc(Br)c2oc(CO)cc12. The summed E-state index contributed by atoms with van der Waals surface area (Å²) in [5.41, 5.74) is 1.96. The molecule has 68 valence electrons. The van der Waals surface area contributed by atoms with E-state index < -0.39 is 0 Å². The number of benzene rings is 1. The van der Waals surface area contributed by atoms with Gasteiger partial charge in [0.2, 0.25) is 0 Å². The van der Waals surface area contributed by atoms with Crippen LogP contribution in [0.2, 0.25) is 0 Å². The molecule has 0 spiro atoms.